The fourth-order valence-corrected chi connectivity index (χ4v) is 6.26. The Morgan fingerprint density at radius 3 is 2.30 bits per heavy atom. The third kappa shape index (κ3) is 3.97. The smallest absolute Gasteiger partial charge is 0.207 e. The van der Waals surface area contributed by atoms with Crippen LogP contribution in [-0.4, -0.2) is 23.6 Å². The SMILES string of the molecule is CC1CN=C(N(c2ccccc2)P(C)(=S)Oc2ccccc2)S1. The number of hydrogen-bond acceptors (Lipinski definition) is 4. The molecule has 3 rings (SSSR count). The van der Waals surface area contributed by atoms with Crippen molar-refractivity contribution in [3.63, 3.8) is 0 Å². The summed E-state index contributed by atoms with van der Waals surface area (Å²) < 4.78 is 8.34. The highest BCUT2D eigenvalue weighted by molar-refractivity contribution is 8.18. The zero-order chi connectivity index (χ0) is 16.3. The van der Waals surface area contributed by atoms with Crippen LogP contribution >= 0.6 is 18.2 Å². The van der Waals surface area contributed by atoms with Crippen LogP contribution in [0.15, 0.2) is 65.7 Å². The number of para-hydroxylation sites is 2. The van der Waals surface area contributed by atoms with Crippen LogP contribution in [0.25, 0.3) is 0 Å². The average molecular weight is 362 g/mol. The van der Waals surface area contributed by atoms with Crippen molar-refractivity contribution in [2.24, 2.45) is 4.99 Å². The van der Waals surface area contributed by atoms with Gasteiger partial charge in [-0.2, -0.15) is 0 Å². The summed E-state index contributed by atoms with van der Waals surface area (Å²) in [6.45, 7) is 5.01. The number of aliphatic imine (C=N–C) groups is 1. The van der Waals surface area contributed by atoms with Crippen LogP contribution in [0.3, 0.4) is 0 Å². The number of amidine groups is 1. The van der Waals surface area contributed by atoms with Gasteiger partial charge in [-0.15, -0.1) is 0 Å². The Labute approximate surface area is 146 Å². The molecule has 0 fully saturated rings. The van der Waals surface area contributed by atoms with Crippen molar-refractivity contribution in [3.8, 4) is 5.75 Å². The molecule has 1 aliphatic heterocycles. The Bertz CT molecular complexity index is 737. The Hall–Kier alpha value is -1.29. The Balaban J connectivity index is 1.96. The molecule has 120 valence electrons. The Morgan fingerprint density at radius 1 is 1.13 bits per heavy atom. The molecule has 1 heterocycles. The summed E-state index contributed by atoms with van der Waals surface area (Å²) in [5, 5.41) is 1.44. The highest BCUT2D eigenvalue weighted by atomic mass is 32.4. The van der Waals surface area contributed by atoms with Crippen LogP contribution < -0.4 is 9.19 Å². The first-order valence-corrected chi connectivity index (χ1v) is 11.5. The van der Waals surface area contributed by atoms with E-state index >= 15 is 0 Å². The Morgan fingerprint density at radius 2 is 1.74 bits per heavy atom. The topological polar surface area (TPSA) is 24.8 Å². The van der Waals surface area contributed by atoms with Crippen molar-refractivity contribution in [1.82, 2.24) is 0 Å². The van der Waals surface area contributed by atoms with Crippen molar-refractivity contribution in [2.75, 3.05) is 17.9 Å². The molecule has 2 atom stereocenters. The van der Waals surface area contributed by atoms with Gasteiger partial charge in [-0.1, -0.05) is 55.1 Å². The van der Waals surface area contributed by atoms with E-state index in [0.717, 1.165) is 23.1 Å². The monoisotopic (exact) mass is 362 g/mol. The zero-order valence-corrected chi connectivity index (χ0v) is 15.7. The van der Waals surface area contributed by atoms with Crippen LogP contribution in [0.5, 0.6) is 5.75 Å². The lowest BCUT2D eigenvalue weighted by molar-refractivity contribution is 0.616. The minimum atomic E-state index is -2.31. The van der Waals surface area contributed by atoms with Gasteiger partial charge in [0.1, 0.15) is 5.75 Å². The molecule has 0 aliphatic carbocycles. The molecule has 2 aromatic rings. The van der Waals surface area contributed by atoms with Gasteiger partial charge in [0.15, 0.2) is 5.17 Å². The van der Waals surface area contributed by atoms with Gasteiger partial charge in [-0.05, 0) is 36.1 Å². The van der Waals surface area contributed by atoms with Gasteiger partial charge in [0.25, 0.3) is 0 Å². The second kappa shape index (κ2) is 7.08. The molecule has 0 amide bonds. The highest BCUT2D eigenvalue weighted by Crippen LogP contribution is 2.52. The molecule has 0 spiro atoms. The van der Waals surface area contributed by atoms with Crippen molar-refractivity contribution < 1.29 is 4.52 Å². The fraction of sp³-hybridized carbons (Fsp3) is 0.235. The van der Waals surface area contributed by atoms with Crippen LogP contribution in [0.1, 0.15) is 6.92 Å². The highest BCUT2D eigenvalue weighted by Gasteiger charge is 2.31. The molecular weight excluding hydrogens is 343 g/mol. The van der Waals surface area contributed by atoms with E-state index in [1.807, 2.05) is 55.2 Å². The average Bonchev–Trinajstić information content (AvgIpc) is 2.94. The summed E-state index contributed by atoms with van der Waals surface area (Å²) in [6.07, 6.45) is -2.31. The number of rotatable bonds is 4. The summed E-state index contributed by atoms with van der Waals surface area (Å²) in [7, 11) is 0. The van der Waals surface area contributed by atoms with Gasteiger partial charge < -0.3 is 4.52 Å². The second-order valence-electron chi connectivity index (χ2n) is 5.41. The van der Waals surface area contributed by atoms with E-state index in [1.54, 1.807) is 11.8 Å². The molecule has 0 radical (unpaired) electrons. The molecule has 0 N–H and O–H groups in total. The van der Waals surface area contributed by atoms with Crippen molar-refractivity contribution >= 4 is 40.8 Å². The second-order valence-corrected chi connectivity index (χ2v) is 11.0. The van der Waals surface area contributed by atoms with Crippen molar-refractivity contribution in [1.29, 1.82) is 0 Å². The molecule has 1 aliphatic rings. The molecule has 2 unspecified atom stereocenters. The van der Waals surface area contributed by atoms with Gasteiger partial charge >= 0.3 is 0 Å². The van der Waals surface area contributed by atoms with E-state index in [1.165, 1.54) is 0 Å². The lowest BCUT2D eigenvalue weighted by Gasteiger charge is -2.33. The third-order valence-electron chi connectivity index (χ3n) is 3.35. The first-order valence-electron chi connectivity index (χ1n) is 7.45. The number of benzene rings is 2. The molecule has 0 saturated carbocycles. The predicted molar refractivity (Wildman–Crippen MR) is 106 cm³/mol. The first kappa shape index (κ1) is 16.6. The molecule has 0 aromatic heterocycles. The van der Waals surface area contributed by atoms with E-state index in [2.05, 4.69) is 28.7 Å². The maximum atomic E-state index is 6.22. The number of nitrogens with zero attached hydrogens (tertiary/aromatic N) is 2. The van der Waals surface area contributed by atoms with E-state index < -0.39 is 6.42 Å². The molecule has 2 aromatic carbocycles. The molecule has 3 nitrogen and oxygen atoms in total. The van der Waals surface area contributed by atoms with Gasteiger partial charge in [0, 0.05) is 11.9 Å². The fourth-order valence-electron chi connectivity index (χ4n) is 2.34. The van der Waals surface area contributed by atoms with Gasteiger partial charge in [0.05, 0.1) is 12.2 Å². The summed E-state index contributed by atoms with van der Waals surface area (Å²) in [6, 6.07) is 19.9. The van der Waals surface area contributed by atoms with Crippen LogP contribution in [0.4, 0.5) is 5.69 Å². The molecule has 6 heteroatoms. The number of hydrogen-bond donors (Lipinski definition) is 0. The van der Waals surface area contributed by atoms with Crippen molar-refractivity contribution in [3.05, 3.63) is 60.7 Å². The minimum Gasteiger partial charge on any atom is -0.448 e. The third-order valence-corrected chi connectivity index (χ3v) is 6.97. The minimum absolute atomic E-state index is 0.475. The summed E-state index contributed by atoms with van der Waals surface area (Å²) in [5.74, 6) is 0.802. The maximum absolute atomic E-state index is 6.22. The van der Waals surface area contributed by atoms with E-state index in [4.69, 9.17) is 16.3 Å². The number of thioether (sulfide) groups is 1. The normalized spacial score (nSPS) is 19.7. The largest absolute Gasteiger partial charge is 0.448 e. The van der Waals surface area contributed by atoms with E-state index in [-0.39, 0.29) is 0 Å². The van der Waals surface area contributed by atoms with Gasteiger partial charge in [0.2, 0.25) is 6.42 Å². The van der Waals surface area contributed by atoms with E-state index in [9.17, 15) is 0 Å². The van der Waals surface area contributed by atoms with Crippen LogP contribution in [-0.2, 0) is 11.8 Å². The van der Waals surface area contributed by atoms with Gasteiger partial charge in [-0.3, -0.25) is 9.66 Å². The lowest BCUT2D eigenvalue weighted by Crippen LogP contribution is -2.26. The summed E-state index contributed by atoms with van der Waals surface area (Å²) >= 11 is 7.69. The lowest BCUT2D eigenvalue weighted by atomic mass is 10.3. The van der Waals surface area contributed by atoms with Crippen LogP contribution in [0.2, 0.25) is 0 Å². The zero-order valence-electron chi connectivity index (χ0n) is 13.1. The summed E-state index contributed by atoms with van der Waals surface area (Å²) in [4.78, 5) is 4.69. The van der Waals surface area contributed by atoms with Gasteiger partial charge in [-0.25, -0.2) is 0 Å². The molecule has 0 bridgehead atoms. The van der Waals surface area contributed by atoms with Crippen LogP contribution in [0, 0.1) is 0 Å². The molecule has 23 heavy (non-hydrogen) atoms. The van der Waals surface area contributed by atoms with E-state index in [0.29, 0.717) is 5.25 Å². The van der Waals surface area contributed by atoms with Crippen molar-refractivity contribution in [2.45, 2.75) is 12.2 Å². The quantitative estimate of drug-likeness (QED) is 0.715. The first-order chi connectivity index (χ1) is 11.1. The molecule has 0 saturated heterocycles. The predicted octanol–water partition coefficient (Wildman–Crippen LogP) is 5.00. The standard InChI is InChI=1S/C17H19N2OPS2/c1-14-13-18-17(23-14)19(15-9-5-3-6-10-15)21(2,22)20-16-11-7-4-8-12-16/h3-12,14H,13H2,1-2H3. The Kier molecular flexibility index (Phi) is 5.10. The molecular formula is C17H19N2OPS2. The number of anilines is 1. The summed E-state index contributed by atoms with van der Waals surface area (Å²) in [5.41, 5.74) is 1.04. The maximum Gasteiger partial charge on any atom is 0.207 e.